The van der Waals surface area contributed by atoms with E-state index >= 15 is 0 Å². The normalized spacial score (nSPS) is 41.1. The standard InChI is InChI=1S/C11H22N2S/c1-9-11(12)4-6-13(9)10-3-2-7-14-8-5-10/h9-11H,2-8,12H2,1H3. The Morgan fingerprint density at radius 2 is 2.07 bits per heavy atom. The third-order valence-corrected chi connectivity index (χ3v) is 4.86. The van der Waals surface area contributed by atoms with Crippen molar-refractivity contribution < 1.29 is 0 Å². The molecule has 2 fully saturated rings. The molecule has 3 atom stereocenters. The largest absolute Gasteiger partial charge is 0.326 e. The lowest BCUT2D eigenvalue weighted by atomic mass is 10.1. The van der Waals surface area contributed by atoms with Crippen molar-refractivity contribution in [2.24, 2.45) is 5.73 Å². The second kappa shape index (κ2) is 4.86. The fraction of sp³-hybridized carbons (Fsp3) is 1.00. The highest BCUT2D eigenvalue weighted by atomic mass is 32.2. The van der Waals surface area contributed by atoms with Gasteiger partial charge in [-0.3, -0.25) is 4.90 Å². The SMILES string of the molecule is CC1C(N)CCN1C1CCCSCC1. The minimum atomic E-state index is 0.422. The minimum Gasteiger partial charge on any atom is -0.326 e. The zero-order valence-corrected chi connectivity index (χ0v) is 9.93. The molecule has 3 unspecified atom stereocenters. The predicted molar refractivity (Wildman–Crippen MR) is 63.7 cm³/mol. The molecule has 2 heterocycles. The summed E-state index contributed by atoms with van der Waals surface area (Å²) in [6.45, 7) is 3.54. The van der Waals surface area contributed by atoms with E-state index in [1.54, 1.807) is 0 Å². The second-order valence-electron chi connectivity index (χ2n) is 4.63. The van der Waals surface area contributed by atoms with Crippen LogP contribution in [0.3, 0.4) is 0 Å². The van der Waals surface area contributed by atoms with Crippen LogP contribution in [0.1, 0.15) is 32.6 Å². The average molecular weight is 214 g/mol. The maximum Gasteiger partial charge on any atom is 0.0222 e. The van der Waals surface area contributed by atoms with Crippen LogP contribution < -0.4 is 5.73 Å². The summed E-state index contributed by atoms with van der Waals surface area (Å²) in [5.74, 6) is 2.72. The Kier molecular flexibility index (Phi) is 3.74. The molecule has 2 aliphatic rings. The Morgan fingerprint density at radius 1 is 1.21 bits per heavy atom. The van der Waals surface area contributed by atoms with Gasteiger partial charge < -0.3 is 5.73 Å². The van der Waals surface area contributed by atoms with Crippen molar-refractivity contribution in [3.8, 4) is 0 Å². The molecular formula is C11H22N2S. The monoisotopic (exact) mass is 214 g/mol. The first-order valence-corrected chi connectivity index (χ1v) is 7.03. The lowest BCUT2D eigenvalue weighted by Crippen LogP contribution is -2.42. The van der Waals surface area contributed by atoms with Gasteiger partial charge in [-0.1, -0.05) is 0 Å². The maximum atomic E-state index is 6.07. The van der Waals surface area contributed by atoms with E-state index in [4.69, 9.17) is 5.73 Å². The van der Waals surface area contributed by atoms with Crippen molar-refractivity contribution >= 4 is 11.8 Å². The van der Waals surface area contributed by atoms with Crippen LogP contribution in [0.2, 0.25) is 0 Å². The third-order valence-electron chi connectivity index (χ3n) is 3.75. The van der Waals surface area contributed by atoms with Gasteiger partial charge in [0.15, 0.2) is 0 Å². The lowest BCUT2D eigenvalue weighted by Gasteiger charge is -2.31. The molecule has 0 bridgehead atoms. The van der Waals surface area contributed by atoms with E-state index in [9.17, 15) is 0 Å². The van der Waals surface area contributed by atoms with Gasteiger partial charge in [-0.2, -0.15) is 11.8 Å². The lowest BCUT2D eigenvalue weighted by molar-refractivity contribution is 0.172. The first kappa shape index (κ1) is 10.8. The number of hydrogen-bond donors (Lipinski definition) is 1. The van der Waals surface area contributed by atoms with Gasteiger partial charge in [0.25, 0.3) is 0 Å². The fourth-order valence-electron chi connectivity index (χ4n) is 2.72. The molecule has 0 aromatic carbocycles. The van der Waals surface area contributed by atoms with E-state index in [1.807, 2.05) is 0 Å². The summed E-state index contributed by atoms with van der Waals surface area (Å²) in [4.78, 5) is 2.66. The molecule has 0 radical (unpaired) electrons. The van der Waals surface area contributed by atoms with Crippen LogP contribution in [0.25, 0.3) is 0 Å². The molecule has 2 aliphatic heterocycles. The van der Waals surface area contributed by atoms with Crippen LogP contribution >= 0.6 is 11.8 Å². The molecule has 0 saturated carbocycles. The molecule has 0 aliphatic carbocycles. The van der Waals surface area contributed by atoms with Crippen molar-refractivity contribution in [1.29, 1.82) is 0 Å². The van der Waals surface area contributed by atoms with Crippen molar-refractivity contribution in [2.75, 3.05) is 18.1 Å². The quantitative estimate of drug-likeness (QED) is 0.720. The second-order valence-corrected chi connectivity index (χ2v) is 5.85. The summed E-state index contributed by atoms with van der Waals surface area (Å²) in [5, 5.41) is 0. The van der Waals surface area contributed by atoms with Gasteiger partial charge in [-0.05, 0) is 44.1 Å². The van der Waals surface area contributed by atoms with Crippen LogP contribution in [-0.2, 0) is 0 Å². The van der Waals surface area contributed by atoms with E-state index in [1.165, 1.54) is 43.7 Å². The predicted octanol–water partition coefficient (Wildman–Crippen LogP) is 1.69. The smallest absolute Gasteiger partial charge is 0.0222 e. The van der Waals surface area contributed by atoms with Gasteiger partial charge >= 0.3 is 0 Å². The van der Waals surface area contributed by atoms with E-state index < -0.39 is 0 Å². The number of nitrogens with zero attached hydrogens (tertiary/aromatic N) is 1. The molecule has 2 saturated heterocycles. The van der Waals surface area contributed by atoms with Crippen molar-refractivity contribution in [1.82, 2.24) is 4.90 Å². The molecule has 0 spiro atoms. The summed E-state index contributed by atoms with van der Waals surface area (Å²) >= 11 is 2.12. The maximum absolute atomic E-state index is 6.07. The van der Waals surface area contributed by atoms with E-state index in [0.29, 0.717) is 12.1 Å². The molecule has 2 rings (SSSR count). The number of rotatable bonds is 1. The molecule has 0 aromatic heterocycles. The van der Waals surface area contributed by atoms with Gasteiger partial charge in [-0.15, -0.1) is 0 Å². The fourth-order valence-corrected chi connectivity index (χ4v) is 3.74. The zero-order valence-electron chi connectivity index (χ0n) is 9.11. The van der Waals surface area contributed by atoms with Gasteiger partial charge in [0.1, 0.15) is 0 Å². The van der Waals surface area contributed by atoms with Crippen molar-refractivity contribution in [2.45, 2.75) is 50.7 Å². The van der Waals surface area contributed by atoms with Gasteiger partial charge in [-0.25, -0.2) is 0 Å². The third kappa shape index (κ3) is 2.26. The molecule has 0 amide bonds. The molecule has 0 aromatic rings. The summed E-state index contributed by atoms with van der Waals surface area (Å²) < 4.78 is 0. The van der Waals surface area contributed by atoms with E-state index in [0.717, 1.165) is 6.04 Å². The summed E-state index contributed by atoms with van der Waals surface area (Å²) in [5.41, 5.74) is 6.07. The van der Waals surface area contributed by atoms with Gasteiger partial charge in [0.2, 0.25) is 0 Å². The van der Waals surface area contributed by atoms with Crippen LogP contribution in [-0.4, -0.2) is 41.1 Å². The number of thioether (sulfide) groups is 1. The van der Waals surface area contributed by atoms with E-state index in [2.05, 4.69) is 23.6 Å². The minimum absolute atomic E-state index is 0.422. The average Bonchev–Trinajstić information content (AvgIpc) is 2.47. The van der Waals surface area contributed by atoms with Gasteiger partial charge in [0, 0.05) is 24.7 Å². The van der Waals surface area contributed by atoms with Crippen molar-refractivity contribution in [3.63, 3.8) is 0 Å². The Bertz CT molecular complexity index is 178. The van der Waals surface area contributed by atoms with Crippen LogP contribution in [0, 0.1) is 0 Å². The molecular weight excluding hydrogens is 192 g/mol. The first-order valence-electron chi connectivity index (χ1n) is 5.88. The Labute approximate surface area is 91.6 Å². The Hall–Kier alpha value is 0.270. The Balaban J connectivity index is 1.92. The molecule has 2 nitrogen and oxygen atoms in total. The van der Waals surface area contributed by atoms with Crippen LogP contribution in [0.5, 0.6) is 0 Å². The number of hydrogen-bond acceptors (Lipinski definition) is 3. The number of nitrogens with two attached hydrogens (primary N) is 1. The molecule has 3 heteroatoms. The first-order chi connectivity index (χ1) is 6.79. The zero-order chi connectivity index (χ0) is 9.97. The Morgan fingerprint density at radius 3 is 2.79 bits per heavy atom. The summed E-state index contributed by atoms with van der Waals surface area (Å²) in [6, 6.07) is 1.86. The van der Waals surface area contributed by atoms with Crippen molar-refractivity contribution in [3.05, 3.63) is 0 Å². The van der Waals surface area contributed by atoms with Gasteiger partial charge in [0.05, 0.1) is 0 Å². The highest BCUT2D eigenvalue weighted by Gasteiger charge is 2.32. The van der Waals surface area contributed by atoms with Crippen LogP contribution in [0.15, 0.2) is 0 Å². The molecule has 82 valence electrons. The highest BCUT2D eigenvalue weighted by Crippen LogP contribution is 2.27. The summed E-state index contributed by atoms with van der Waals surface area (Å²) in [6.07, 6.45) is 5.37. The van der Waals surface area contributed by atoms with E-state index in [-0.39, 0.29) is 0 Å². The number of likely N-dealkylation sites (tertiary alicyclic amines) is 1. The molecule has 2 N–H and O–H groups in total. The summed E-state index contributed by atoms with van der Waals surface area (Å²) in [7, 11) is 0. The topological polar surface area (TPSA) is 29.3 Å². The highest BCUT2D eigenvalue weighted by molar-refractivity contribution is 7.99. The molecule has 14 heavy (non-hydrogen) atoms. The van der Waals surface area contributed by atoms with Crippen LogP contribution in [0.4, 0.5) is 0 Å².